The van der Waals surface area contributed by atoms with Crippen molar-refractivity contribution >= 4 is 33.3 Å². The van der Waals surface area contributed by atoms with Gasteiger partial charge in [0.25, 0.3) is 5.56 Å². The van der Waals surface area contributed by atoms with E-state index in [0.29, 0.717) is 5.92 Å². The van der Waals surface area contributed by atoms with Crippen LogP contribution in [0.3, 0.4) is 0 Å². The molecule has 2 heterocycles. The molecular weight excluding hydrogens is 264 g/mol. The van der Waals surface area contributed by atoms with Crippen molar-refractivity contribution in [3.63, 3.8) is 0 Å². The molecule has 1 aliphatic rings. The lowest BCUT2D eigenvalue weighted by Gasteiger charge is -2.17. The molecule has 2 aromatic heterocycles. The summed E-state index contributed by atoms with van der Waals surface area (Å²) in [5, 5.41) is 1.68. The van der Waals surface area contributed by atoms with Crippen LogP contribution in [0.5, 0.6) is 0 Å². The molecule has 1 aliphatic carbocycles. The number of hydrogen-bond acceptors (Lipinski definition) is 4. The smallest absolute Gasteiger partial charge is 0.262 e. The van der Waals surface area contributed by atoms with E-state index in [9.17, 15) is 4.79 Å². The summed E-state index contributed by atoms with van der Waals surface area (Å²) in [5.74, 6) is 0.681. The lowest BCUT2D eigenvalue weighted by Crippen LogP contribution is -2.21. The van der Waals surface area contributed by atoms with Crippen LogP contribution in [0.15, 0.2) is 9.95 Å². The van der Waals surface area contributed by atoms with Crippen LogP contribution in [0.4, 0.5) is 0 Å². The minimum atomic E-state index is 0.121. The molecule has 0 saturated carbocycles. The fourth-order valence-electron chi connectivity index (χ4n) is 2.64. The Bertz CT molecular complexity index is 672. The molecule has 0 bridgehead atoms. The summed E-state index contributed by atoms with van der Waals surface area (Å²) in [6.45, 7) is 2.26. The number of thiophene rings is 1. The van der Waals surface area contributed by atoms with E-state index < -0.39 is 0 Å². The van der Waals surface area contributed by atoms with Gasteiger partial charge in [-0.1, -0.05) is 18.7 Å². The van der Waals surface area contributed by atoms with Gasteiger partial charge in [-0.05, 0) is 37.0 Å². The zero-order valence-corrected chi connectivity index (χ0v) is 12.5. The highest BCUT2D eigenvalue weighted by atomic mass is 32.2. The molecule has 1 atom stereocenters. The third kappa shape index (κ3) is 1.72. The maximum atomic E-state index is 12.5. The fraction of sp³-hybridized carbons (Fsp3) is 0.538. The topological polar surface area (TPSA) is 34.9 Å². The van der Waals surface area contributed by atoms with Gasteiger partial charge >= 0.3 is 0 Å². The van der Waals surface area contributed by atoms with E-state index in [-0.39, 0.29) is 5.56 Å². The molecule has 0 aliphatic heterocycles. The zero-order valence-electron chi connectivity index (χ0n) is 10.8. The molecule has 18 heavy (non-hydrogen) atoms. The van der Waals surface area contributed by atoms with Gasteiger partial charge < -0.3 is 0 Å². The number of hydrogen-bond donors (Lipinski definition) is 0. The van der Waals surface area contributed by atoms with E-state index in [4.69, 9.17) is 0 Å². The number of nitrogens with zero attached hydrogens (tertiary/aromatic N) is 2. The molecular formula is C13H16N2OS2. The van der Waals surface area contributed by atoms with Crippen molar-refractivity contribution in [3.05, 3.63) is 20.8 Å². The van der Waals surface area contributed by atoms with E-state index in [1.807, 2.05) is 13.3 Å². The fourth-order valence-corrected chi connectivity index (χ4v) is 4.45. The Labute approximate surface area is 114 Å². The Kier molecular flexibility index (Phi) is 2.98. The maximum Gasteiger partial charge on any atom is 0.262 e. The number of aromatic nitrogens is 2. The summed E-state index contributed by atoms with van der Waals surface area (Å²) < 4.78 is 1.68. The van der Waals surface area contributed by atoms with Crippen molar-refractivity contribution in [1.29, 1.82) is 0 Å². The van der Waals surface area contributed by atoms with Crippen molar-refractivity contribution in [3.8, 4) is 0 Å². The van der Waals surface area contributed by atoms with Crippen LogP contribution in [0.1, 0.15) is 23.8 Å². The third-order valence-corrected chi connectivity index (χ3v) is 5.59. The molecule has 0 saturated heterocycles. The average molecular weight is 280 g/mol. The molecule has 3 nitrogen and oxygen atoms in total. The highest BCUT2D eigenvalue weighted by Gasteiger charge is 2.23. The number of rotatable bonds is 1. The van der Waals surface area contributed by atoms with E-state index in [1.165, 1.54) is 28.6 Å². The van der Waals surface area contributed by atoms with Crippen molar-refractivity contribution in [2.75, 3.05) is 6.26 Å². The molecule has 0 N–H and O–H groups in total. The summed E-state index contributed by atoms with van der Waals surface area (Å²) in [6, 6.07) is 0. The second-order valence-electron chi connectivity index (χ2n) is 4.99. The summed E-state index contributed by atoms with van der Waals surface area (Å²) >= 11 is 3.25. The van der Waals surface area contributed by atoms with Gasteiger partial charge in [0.15, 0.2) is 5.16 Å². The van der Waals surface area contributed by atoms with Crippen LogP contribution in [0.25, 0.3) is 10.2 Å². The molecule has 96 valence electrons. The molecule has 5 heteroatoms. The van der Waals surface area contributed by atoms with Crippen molar-refractivity contribution in [2.24, 2.45) is 13.0 Å². The van der Waals surface area contributed by atoms with E-state index in [0.717, 1.165) is 28.2 Å². The second-order valence-corrected chi connectivity index (χ2v) is 6.85. The van der Waals surface area contributed by atoms with Crippen molar-refractivity contribution in [2.45, 2.75) is 31.3 Å². The van der Waals surface area contributed by atoms with Crippen LogP contribution in [0.2, 0.25) is 0 Å². The van der Waals surface area contributed by atoms with E-state index >= 15 is 0 Å². The second kappa shape index (κ2) is 4.38. The summed E-state index contributed by atoms with van der Waals surface area (Å²) in [4.78, 5) is 19.4. The van der Waals surface area contributed by atoms with E-state index in [2.05, 4.69) is 11.9 Å². The molecule has 0 radical (unpaired) electrons. The Balaban J connectivity index is 2.34. The Morgan fingerprint density at radius 1 is 1.50 bits per heavy atom. The van der Waals surface area contributed by atoms with Gasteiger partial charge in [0.05, 0.1) is 5.39 Å². The van der Waals surface area contributed by atoms with Gasteiger partial charge in [0, 0.05) is 11.9 Å². The third-order valence-electron chi connectivity index (χ3n) is 3.67. The summed E-state index contributed by atoms with van der Waals surface area (Å²) in [6.07, 6.45) is 5.33. The largest absolute Gasteiger partial charge is 0.290 e. The first-order valence-corrected chi connectivity index (χ1v) is 8.21. The Hall–Kier alpha value is -0.810. The summed E-state index contributed by atoms with van der Waals surface area (Å²) in [7, 11) is 1.82. The number of fused-ring (bicyclic) bond motifs is 3. The lowest BCUT2D eigenvalue weighted by atomic mass is 9.89. The van der Waals surface area contributed by atoms with Crippen LogP contribution in [0, 0.1) is 5.92 Å². The van der Waals surface area contributed by atoms with Gasteiger partial charge in [0.2, 0.25) is 0 Å². The SMILES string of the molecule is CSc1nc2sc3c(c2c(=O)n1C)CC(C)CC3. The molecule has 0 amide bonds. The predicted octanol–water partition coefficient (Wildman–Crippen LogP) is 2.84. The number of thioether (sulfide) groups is 1. The first-order valence-electron chi connectivity index (χ1n) is 6.17. The van der Waals surface area contributed by atoms with Crippen LogP contribution in [-0.2, 0) is 19.9 Å². The van der Waals surface area contributed by atoms with Gasteiger partial charge in [-0.3, -0.25) is 9.36 Å². The van der Waals surface area contributed by atoms with E-state index in [1.54, 1.807) is 15.9 Å². The normalized spacial score (nSPS) is 19.2. The van der Waals surface area contributed by atoms with Crippen LogP contribution < -0.4 is 5.56 Å². The Morgan fingerprint density at radius 3 is 3.00 bits per heavy atom. The number of aryl methyl sites for hydroxylation is 1. The van der Waals surface area contributed by atoms with Crippen LogP contribution in [-0.4, -0.2) is 15.8 Å². The zero-order chi connectivity index (χ0) is 12.9. The molecule has 0 spiro atoms. The first kappa shape index (κ1) is 12.2. The standard InChI is InChI=1S/C13H16N2OS2/c1-7-4-5-9-8(6-7)10-11(18-9)14-13(17-3)15(2)12(10)16/h7H,4-6H2,1-3H3. The molecule has 1 unspecified atom stereocenters. The predicted molar refractivity (Wildman–Crippen MR) is 77.8 cm³/mol. The highest BCUT2D eigenvalue weighted by Crippen LogP contribution is 2.36. The molecule has 0 aromatic carbocycles. The minimum absolute atomic E-state index is 0.121. The minimum Gasteiger partial charge on any atom is -0.290 e. The van der Waals surface area contributed by atoms with Gasteiger partial charge in [-0.25, -0.2) is 4.98 Å². The average Bonchev–Trinajstić information content (AvgIpc) is 2.71. The summed E-state index contributed by atoms with van der Waals surface area (Å²) in [5.41, 5.74) is 1.39. The molecule has 2 aromatic rings. The van der Waals surface area contributed by atoms with Gasteiger partial charge in [0.1, 0.15) is 4.83 Å². The lowest BCUT2D eigenvalue weighted by molar-refractivity contribution is 0.508. The monoisotopic (exact) mass is 280 g/mol. The van der Waals surface area contributed by atoms with Crippen molar-refractivity contribution < 1.29 is 0 Å². The molecule has 0 fully saturated rings. The van der Waals surface area contributed by atoms with Crippen molar-refractivity contribution in [1.82, 2.24) is 9.55 Å². The quantitative estimate of drug-likeness (QED) is 0.595. The van der Waals surface area contributed by atoms with Gasteiger partial charge in [-0.2, -0.15) is 0 Å². The molecule has 3 rings (SSSR count). The highest BCUT2D eigenvalue weighted by molar-refractivity contribution is 7.98. The first-order chi connectivity index (χ1) is 8.61. The van der Waals surface area contributed by atoms with Gasteiger partial charge in [-0.15, -0.1) is 11.3 Å². The maximum absolute atomic E-state index is 12.5. The van der Waals surface area contributed by atoms with Crippen LogP contribution >= 0.6 is 23.1 Å². The Morgan fingerprint density at radius 2 is 2.28 bits per heavy atom.